The van der Waals surface area contributed by atoms with Crippen molar-refractivity contribution in [2.45, 2.75) is 32.7 Å². The number of esters is 1. The van der Waals surface area contributed by atoms with E-state index in [4.69, 9.17) is 4.74 Å². The minimum atomic E-state index is -0.732. The molecule has 1 amide bonds. The second kappa shape index (κ2) is 9.17. The van der Waals surface area contributed by atoms with Gasteiger partial charge in [0.15, 0.2) is 0 Å². The van der Waals surface area contributed by atoms with Gasteiger partial charge in [0.25, 0.3) is 5.69 Å². The molecule has 30 heavy (non-hydrogen) atoms. The first-order chi connectivity index (χ1) is 14.4. The number of hydrogen-bond acceptors (Lipinski definition) is 5. The van der Waals surface area contributed by atoms with Crippen LogP contribution in [-0.4, -0.2) is 16.8 Å². The van der Waals surface area contributed by atoms with Crippen molar-refractivity contribution >= 4 is 28.3 Å². The van der Waals surface area contributed by atoms with E-state index in [1.807, 2.05) is 37.3 Å². The second-order valence-electron chi connectivity index (χ2n) is 6.89. The van der Waals surface area contributed by atoms with Gasteiger partial charge in [0.2, 0.25) is 5.91 Å². The number of amides is 1. The first-order valence-corrected chi connectivity index (χ1v) is 9.64. The number of nitrogens with zero attached hydrogens (tertiary/aromatic N) is 1. The highest BCUT2D eigenvalue weighted by Gasteiger charge is 2.25. The van der Waals surface area contributed by atoms with E-state index in [0.717, 1.165) is 10.8 Å². The van der Waals surface area contributed by atoms with Gasteiger partial charge < -0.3 is 10.1 Å². The third kappa shape index (κ3) is 4.63. The number of carbonyl (C=O) groups excluding carboxylic acids is 2. The highest BCUT2D eigenvalue weighted by Crippen LogP contribution is 2.37. The van der Waals surface area contributed by atoms with Crippen LogP contribution in [0.25, 0.3) is 10.8 Å². The van der Waals surface area contributed by atoms with Gasteiger partial charge in [-0.2, -0.15) is 0 Å². The van der Waals surface area contributed by atoms with Crippen LogP contribution in [0.4, 0.5) is 5.69 Å². The topological polar surface area (TPSA) is 98.5 Å². The van der Waals surface area contributed by atoms with Gasteiger partial charge in [0, 0.05) is 31.0 Å². The minimum absolute atomic E-state index is 0.0866. The monoisotopic (exact) mass is 406 g/mol. The van der Waals surface area contributed by atoms with E-state index in [2.05, 4.69) is 5.32 Å². The summed E-state index contributed by atoms with van der Waals surface area (Å²) in [7, 11) is 0. The first kappa shape index (κ1) is 21.0. The molecule has 7 nitrogen and oxygen atoms in total. The Kier molecular flexibility index (Phi) is 6.41. The number of ether oxygens (including phenoxy) is 1. The molecule has 3 rings (SSSR count). The smallest absolute Gasteiger partial charge is 0.308 e. The molecule has 0 saturated carbocycles. The number of hydrogen-bond donors (Lipinski definition) is 1. The Morgan fingerprint density at radius 1 is 1.10 bits per heavy atom. The summed E-state index contributed by atoms with van der Waals surface area (Å²) in [6.45, 7) is 3.20. The number of nitrogens with one attached hydrogen (secondary N) is 1. The van der Waals surface area contributed by atoms with Gasteiger partial charge in [-0.25, -0.2) is 0 Å². The summed E-state index contributed by atoms with van der Waals surface area (Å²) in [6.07, 6.45) is 0.957. The Morgan fingerprint density at radius 2 is 1.87 bits per heavy atom. The van der Waals surface area contributed by atoms with Crippen molar-refractivity contribution in [3.8, 4) is 5.75 Å². The average molecular weight is 406 g/mol. The molecule has 3 aromatic carbocycles. The van der Waals surface area contributed by atoms with Crippen molar-refractivity contribution in [3.63, 3.8) is 0 Å². The van der Waals surface area contributed by atoms with E-state index in [0.29, 0.717) is 29.7 Å². The van der Waals surface area contributed by atoms with Crippen molar-refractivity contribution in [2.75, 3.05) is 0 Å². The maximum absolute atomic E-state index is 12.5. The predicted molar refractivity (Wildman–Crippen MR) is 113 cm³/mol. The van der Waals surface area contributed by atoms with Crippen molar-refractivity contribution in [3.05, 3.63) is 81.9 Å². The van der Waals surface area contributed by atoms with Crippen molar-refractivity contribution < 1.29 is 19.2 Å². The largest absolute Gasteiger partial charge is 0.426 e. The predicted octanol–water partition coefficient (Wildman–Crippen LogP) is 4.68. The fourth-order valence-electron chi connectivity index (χ4n) is 3.42. The molecule has 0 spiro atoms. The average Bonchev–Trinajstić information content (AvgIpc) is 2.72. The lowest BCUT2D eigenvalue weighted by Crippen LogP contribution is -2.29. The lowest BCUT2D eigenvalue weighted by molar-refractivity contribution is -0.384. The Bertz CT molecular complexity index is 1110. The van der Waals surface area contributed by atoms with Crippen LogP contribution < -0.4 is 10.1 Å². The number of nitro benzene ring substituents is 1. The fraction of sp³-hybridized carbons (Fsp3) is 0.217. The third-order valence-corrected chi connectivity index (χ3v) is 4.67. The molecule has 0 radical (unpaired) electrons. The molecule has 1 unspecified atom stereocenters. The van der Waals surface area contributed by atoms with Crippen LogP contribution in [0, 0.1) is 10.1 Å². The zero-order valence-corrected chi connectivity index (χ0v) is 16.8. The Balaban J connectivity index is 2.26. The van der Waals surface area contributed by atoms with Gasteiger partial charge in [0.05, 0.1) is 11.0 Å². The van der Waals surface area contributed by atoms with E-state index in [1.165, 1.54) is 19.1 Å². The highest BCUT2D eigenvalue weighted by molar-refractivity contribution is 5.90. The minimum Gasteiger partial charge on any atom is -0.426 e. The van der Waals surface area contributed by atoms with E-state index in [9.17, 15) is 19.7 Å². The quantitative estimate of drug-likeness (QED) is 0.266. The van der Waals surface area contributed by atoms with Crippen LogP contribution in [0.5, 0.6) is 5.75 Å². The highest BCUT2D eigenvalue weighted by atomic mass is 16.6. The van der Waals surface area contributed by atoms with Crippen molar-refractivity contribution in [1.29, 1.82) is 0 Å². The van der Waals surface area contributed by atoms with E-state index >= 15 is 0 Å². The maximum Gasteiger partial charge on any atom is 0.308 e. The van der Waals surface area contributed by atoms with Gasteiger partial charge in [0.1, 0.15) is 5.75 Å². The number of non-ortho nitro benzene ring substituents is 1. The molecule has 0 saturated heterocycles. The van der Waals surface area contributed by atoms with Gasteiger partial charge in [-0.3, -0.25) is 19.7 Å². The van der Waals surface area contributed by atoms with E-state index < -0.39 is 16.9 Å². The zero-order chi connectivity index (χ0) is 21.7. The SMILES string of the molecule is CCCC(=O)NC(c1cccc([N+](=O)[O-])c1)c1c(OC(C)=O)ccc2ccccc12. The fourth-order valence-corrected chi connectivity index (χ4v) is 3.42. The number of benzene rings is 3. The van der Waals surface area contributed by atoms with Crippen molar-refractivity contribution in [1.82, 2.24) is 5.32 Å². The lowest BCUT2D eigenvalue weighted by atomic mass is 9.92. The summed E-state index contributed by atoms with van der Waals surface area (Å²) < 4.78 is 5.45. The van der Waals surface area contributed by atoms with Crippen LogP contribution in [0.15, 0.2) is 60.7 Å². The second-order valence-corrected chi connectivity index (χ2v) is 6.89. The van der Waals surface area contributed by atoms with Gasteiger partial charge in [-0.1, -0.05) is 49.4 Å². The zero-order valence-electron chi connectivity index (χ0n) is 16.8. The number of fused-ring (bicyclic) bond motifs is 1. The molecule has 0 bridgehead atoms. The molecule has 0 heterocycles. The summed E-state index contributed by atoms with van der Waals surface area (Å²) in [5, 5.41) is 16.0. The Morgan fingerprint density at radius 3 is 2.57 bits per heavy atom. The molecule has 0 aliphatic carbocycles. The van der Waals surface area contributed by atoms with E-state index in [-0.39, 0.29) is 11.6 Å². The molecular formula is C23H22N2O5. The summed E-state index contributed by atoms with van der Waals surface area (Å²) in [5.41, 5.74) is 1.02. The number of carbonyl (C=O) groups is 2. The molecule has 0 aliphatic rings. The molecular weight excluding hydrogens is 384 g/mol. The molecule has 7 heteroatoms. The van der Waals surface area contributed by atoms with Crippen LogP contribution in [-0.2, 0) is 9.59 Å². The Hall–Kier alpha value is -3.74. The van der Waals surface area contributed by atoms with Crippen LogP contribution in [0.1, 0.15) is 43.9 Å². The molecule has 1 atom stereocenters. The molecule has 0 aliphatic heterocycles. The lowest BCUT2D eigenvalue weighted by Gasteiger charge is -2.23. The summed E-state index contributed by atoms with van der Waals surface area (Å²) in [6, 6.07) is 16.4. The molecule has 0 aromatic heterocycles. The standard InChI is InChI=1S/C23H22N2O5/c1-3-7-21(27)24-23(17-9-6-10-18(14-17)25(28)29)22-19-11-5-4-8-16(19)12-13-20(22)30-15(2)26/h4-6,8-14,23H,3,7H2,1-2H3,(H,24,27). The number of nitro groups is 1. The first-order valence-electron chi connectivity index (χ1n) is 9.64. The third-order valence-electron chi connectivity index (χ3n) is 4.67. The normalized spacial score (nSPS) is 11.7. The van der Waals surface area contributed by atoms with Gasteiger partial charge in [-0.05, 0) is 28.8 Å². The van der Waals surface area contributed by atoms with Crippen LogP contribution in [0.3, 0.4) is 0 Å². The maximum atomic E-state index is 12.5. The Labute approximate surface area is 173 Å². The molecule has 0 fully saturated rings. The molecule has 154 valence electrons. The number of rotatable bonds is 7. The molecule has 1 N–H and O–H groups in total. The summed E-state index contributed by atoms with van der Waals surface area (Å²) in [5.74, 6) is -0.394. The molecule has 3 aromatic rings. The van der Waals surface area contributed by atoms with Crippen LogP contribution in [0.2, 0.25) is 0 Å². The summed E-state index contributed by atoms with van der Waals surface area (Å²) >= 11 is 0. The van der Waals surface area contributed by atoms with Crippen LogP contribution >= 0.6 is 0 Å². The summed E-state index contributed by atoms with van der Waals surface area (Å²) in [4.78, 5) is 35.1. The van der Waals surface area contributed by atoms with Gasteiger partial charge >= 0.3 is 5.97 Å². The van der Waals surface area contributed by atoms with Gasteiger partial charge in [-0.15, -0.1) is 0 Å². The van der Waals surface area contributed by atoms with E-state index in [1.54, 1.807) is 18.2 Å². The van der Waals surface area contributed by atoms with Crippen molar-refractivity contribution in [2.24, 2.45) is 0 Å².